The standard InChI is InChI=1S/C37H35N5O6/c1-41(21-24-11-14-30-29(17-24)38-22-42(30)2)16-15-23-9-12-25(13-10-23)39-36(44)27-18-33(46-3)34(47-4)19-28(27)40-37(45)35-20-31(43)26-7-5-6-8-32(26)48-35/h5-14,17-20,22H,15-16,21H2,1-4H3,(H,39,44)(H,40,45). The summed E-state index contributed by atoms with van der Waals surface area (Å²) < 4.78 is 18.5. The van der Waals surface area contributed by atoms with Crippen LogP contribution >= 0.6 is 0 Å². The minimum absolute atomic E-state index is 0.124. The number of benzene rings is 4. The monoisotopic (exact) mass is 645 g/mol. The molecule has 0 unspecified atom stereocenters. The first-order chi connectivity index (χ1) is 23.2. The van der Waals surface area contributed by atoms with Gasteiger partial charge in [0.15, 0.2) is 22.7 Å². The van der Waals surface area contributed by atoms with Crippen molar-refractivity contribution in [1.29, 1.82) is 0 Å². The molecule has 6 rings (SSSR count). The predicted molar refractivity (Wildman–Crippen MR) is 185 cm³/mol. The molecule has 2 heterocycles. The molecule has 0 aliphatic heterocycles. The molecule has 0 radical (unpaired) electrons. The second-order valence-corrected chi connectivity index (χ2v) is 11.5. The van der Waals surface area contributed by atoms with Gasteiger partial charge < -0.3 is 34.0 Å². The molecule has 4 aromatic carbocycles. The van der Waals surface area contributed by atoms with Crippen molar-refractivity contribution in [1.82, 2.24) is 14.5 Å². The molecule has 2 N–H and O–H groups in total. The van der Waals surface area contributed by atoms with Crippen molar-refractivity contribution in [2.45, 2.75) is 13.0 Å². The van der Waals surface area contributed by atoms with Crippen LogP contribution in [0.15, 0.2) is 100 Å². The molecule has 11 nitrogen and oxygen atoms in total. The second-order valence-electron chi connectivity index (χ2n) is 11.5. The third kappa shape index (κ3) is 6.91. The first-order valence-corrected chi connectivity index (χ1v) is 15.3. The summed E-state index contributed by atoms with van der Waals surface area (Å²) in [6.07, 6.45) is 2.65. The highest BCUT2D eigenvalue weighted by atomic mass is 16.5. The van der Waals surface area contributed by atoms with E-state index < -0.39 is 11.8 Å². The van der Waals surface area contributed by atoms with E-state index in [4.69, 9.17) is 13.9 Å². The topological polar surface area (TPSA) is 128 Å². The molecule has 0 aliphatic rings. The number of nitrogens with one attached hydrogen (secondary N) is 2. The van der Waals surface area contributed by atoms with E-state index in [2.05, 4.69) is 45.8 Å². The Hall–Kier alpha value is -5.94. The average molecular weight is 646 g/mol. The smallest absolute Gasteiger partial charge is 0.291 e. The lowest BCUT2D eigenvalue weighted by molar-refractivity contribution is 0.0997. The molecule has 0 aliphatic carbocycles. The maximum Gasteiger partial charge on any atom is 0.291 e. The molecule has 11 heteroatoms. The summed E-state index contributed by atoms with van der Waals surface area (Å²) in [5.74, 6) is -0.780. The number of fused-ring (bicyclic) bond motifs is 2. The fourth-order valence-corrected chi connectivity index (χ4v) is 5.51. The number of para-hydroxylation sites is 1. The Labute approximate surface area is 276 Å². The number of carbonyl (C=O) groups is 2. The Morgan fingerprint density at radius 2 is 1.60 bits per heavy atom. The number of hydrogen-bond acceptors (Lipinski definition) is 8. The zero-order valence-corrected chi connectivity index (χ0v) is 27.1. The number of aryl methyl sites for hydroxylation is 1. The number of aromatic nitrogens is 2. The zero-order chi connectivity index (χ0) is 33.8. The Morgan fingerprint density at radius 1 is 0.875 bits per heavy atom. The molecule has 6 aromatic rings. The summed E-state index contributed by atoms with van der Waals surface area (Å²) in [6.45, 7) is 1.65. The van der Waals surface area contributed by atoms with Crippen molar-refractivity contribution in [2.24, 2.45) is 7.05 Å². The van der Waals surface area contributed by atoms with Crippen LogP contribution in [0, 0.1) is 0 Å². The maximum absolute atomic E-state index is 13.6. The van der Waals surface area contributed by atoms with Gasteiger partial charge >= 0.3 is 0 Å². The van der Waals surface area contributed by atoms with Gasteiger partial charge in [-0.1, -0.05) is 30.3 Å². The lowest BCUT2D eigenvalue weighted by atomic mass is 10.1. The lowest BCUT2D eigenvalue weighted by Gasteiger charge is -2.17. The van der Waals surface area contributed by atoms with Crippen LogP contribution in [0.5, 0.6) is 11.5 Å². The zero-order valence-electron chi connectivity index (χ0n) is 27.1. The van der Waals surface area contributed by atoms with E-state index in [-0.39, 0.29) is 28.0 Å². The highest BCUT2D eigenvalue weighted by molar-refractivity contribution is 6.12. The number of ether oxygens (including phenoxy) is 2. The third-order valence-electron chi connectivity index (χ3n) is 8.11. The van der Waals surface area contributed by atoms with Crippen LogP contribution in [0.2, 0.25) is 0 Å². The third-order valence-corrected chi connectivity index (χ3v) is 8.11. The first kappa shape index (κ1) is 32.0. The molecular weight excluding hydrogens is 610 g/mol. The summed E-state index contributed by atoms with van der Waals surface area (Å²) in [6, 6.07) is 24.7. The Morgan fingerprint density at radius 3 is 2.38 bits per heavy atom. The molecule has 0 saturated heterocycles. The van der Waals surface area contributed by atoms with Crippen LogP contribution in [-0.4, -0.2) is 54.1 Å². The number of methoxy groups -OCH3 is 2. The molecule has 244 valence electrons. The van der Waals surface area contributed by atoms with E-state index in [0.717, 1.165) is 42.2 Å². The van der Waals surface area contributed by atoms with Gasteiger partial charge in [0.2, 0.25) is 0 Å². The molecule has 0 spiro atoms. The van der Waals surface area contributed by atoms with Gasteiger partial charge in [0, 0.05) is 38.0 Å². The fraction of sp³-hybridized carbons (Fsp3) is 0.189. The van der Waals surface area contributed by atoms with Crippen LogP contribution in [0.3, 0.4) is 0 Å². The van der Waals surface area contributed by atoms with Gasteiger partial charge in [0.25, 0.3) is 11.8 Å². The molecular formula is C37H35N5O6. The number of imidazole rings is 1. The number of rotatable bonds is 11. The predicted octanol–water partition coefficient (Wildman–Crippen LogP) is 5.88. The van der Waals surface area contributed by atoms with Crippen molar-refractivity contribution in [2.75, 3.05) is 38.4 Å². The Bertz CT molecular complexity index is 2190. The van der Waals surface area contributed by atoms with Gasteiger partial charge in [-0.05, 0) is 67.1 Å². The summed E-state index contributed by atoms with van der Waals surface area (Å²) in [4.78, 5) is 46.1. The normalized spacial score (nSPS) is 11.2. The summed E-state index contributed by atoms with van der Waals surface area (Å²) >= 11 is 0. The van der Waals surface area contributed by atoms with Crippen LogP contribution in [0.25, 0.3) is 22.0 Å². The molecule has 0 bridgehead atoms. The van der Waals surface area contributed by atoms with E-state index >= 15 is 0 Å². The molecule has 0 atom stereocenters. The van der Waals surface area contributed by atoms with Crippen LogP contribution in [0.1, 0.15) is 32.0 Å². The van der Waals surface area contributed by atoms with Crippen molar-refractivity contribution in [3.8, 4) is 11.5 Å². The van der Waals surface area contributed by atoms with E-state index in [1.54, 1.807) is 24.3 Å². The van der Waals surface area contributed by atoms with Crippen LogP contribution in [0.4, 0.5) is 11.4 Å². The molecule has 2 amide bonds. The number of hydrogen-bond donors (Lipinski definition) is 2. The number of likely N-dealkylation sites (N-methyl/N-ethyl adjacent to an activating group) is 1. The Balaban J connectivity index is 1.13. The van der Waals surface area contributed by atoms with Crippen LogP contribution < -0.4 is 25.5 Å². The highest BCUT2D eigenvalue weighted by Crippen LogP contribution is 2.34. The molecule has 2 aromatic heterocycles. The van der Waals surface area contributed by atoms with Crippen molar-refractivity contribution in [3.05, 3.63) is 124 Å². The fourth-order valence-electron chi connectivity index (χ4n) is 5.51. The van der Waals surface area contributed by atoms with Gasteiger partial charge in [-0.3, -0.25) is 14.4 Å². The number of amides is 2. The highest BCUT2D eigenvalue weighted by Gasteiger charge is 2.21. The van der Waals surface area contributed by atoms with Gasteiger partial charge in [0.1, 0.15) is 5.58 Å². The molecule has 0 fully saturated rings. The number of anilines is 2. The Kier molecular flexibility index (Phi) is 9.22. The lowest BCUT2D eigenvalue weighted by Crippen LogP contribution is -2.21. The van der Waals surface area contributed by atoms with Gasteiger partial charge in [-0.15, -0.1) is 0 Å². The minimum Gasteiger partial charge on any atom is -0.493 e. The molecule has 0 saturated carbocycles. The maximum atomic E-state index is 13.6. The van der Waals surface area contributed by atoms with E-state index in [1.165, 1.54) is 31.9 Å². The van der Waals surface area contributed by atoms with Crippen molar-refractivity contribution >= 4 is 45.2 Å². The van der Waals surface area contributed by atoms with E-state index in [0.29, 0.717) is 22.6 Å². The number of carbonyl (C=O) groups excluding carboxylic acids is 2. The molecule has 48 heavy (non-hydrogen) atoms. The van der Waals surface area contributed by atoms with Crippen LogP contribution in [-0.2, 0) is 20.0 Å². The summed E-state index contributed by atoms with van der Waals surface area (Å²) in [5, 5.41) is 5.95. The van der Waals surface area contributed by atoms with E-state index in [9.17, 15) is 14.4 Å². The first-order valence-electron chi connectivity index (χ1n) is 15.3. The van der Waals surface area contributed by atoms with Gasteiger partial charge in [0.05, 0.1) is 48.2 Å². The average Bonchev–Trinajstić information content (AvgIpc) is 3.46. The minimum atomic E-state index is -0.703. The van der Waals surface area contributed by atoms with Gasteiger partial charge in [-0.25, -0.2) is 4.98 Å². The van der Waals surface area contributed by atoms with Gasteiger partial charge in [-0.2, -0.15) is 0 Å². The van der Waals surface area contributed by atoms with Crippen molar-refractivity contribution < 1.29 is 23.5 Å². The SMILES string of the molecule is COc1cc(NC(=O)c2cc(=O)c3ccccc3o2)c(C(=O)Nc2ccc(CCN(C)Cc3ccc4c(c3)ncn4C)cc2)cc1OC. The van der Waals surface area contributed by atoms with E-state index in [1.807, 2.05) is 42.2 Å². The van der Waals surface area contributed by atoms with Crippen molar-refractivity contribution in [3.63, 3.8) is 0 Å². The quantitative estimate of drug-likeness (QED) is 0.179. The summed E-state index contributed by atoms with van der Waals surface area (Å²) in [7, 11) is 6.98. The second kappa shape index (κ2) is 13.8. The number of nitrogens with zero attached hydrogens (tertiary/aromatic N) is 3. The summed E-state index contributed by atoms with van der Waals surface area (Å²) in [5.41, 5.74) is 5.19. The largest absolute Gasteiger partial charge is 0.493 e.